The zero-order valence-electron chi connectivity index (χ0n) is 12.8. The maximum Gasteiger partial charge on any atom is 0.256 e. The minimum absolute atomic E-state index is 0.186. The van der Waals surface area contributed by atoms with Crippen molar-refractivity contribution in [2.45, 2.75) is 44.2 Å². The Morgan fingerprint density at radius 1 is 1.36 bits per heavy atom. The minimum Gasteiger partial charge on any atom is -0.509 e. The first kappa shape index (κ1) is 15.6. The van der Waals surface area contributed by atoms with Crippen molar-refractivity contribution in [1.29, 1.82) is 0 Å². The van der Waals surface area contributed by atoms with Gasteiger partial charge in [0.2, 0.25) is 0 Å². The molecule has 1 aromatic rings. The highest BCUT2D eigenvalue weighted by Gasteiger charge is 2.48. The zero-order chi connectivity index (χ0) is 15.9. The Morgan fingerprint density at radius 3 is 2.68 bits per heavy atom. The summed E-state index contributed by atoms with van der Waals surface area (Å²) in [5.74, 6) is 0.00261. The molecule has 0 atom stereocenters. The van der Waals surface area contributed by atoms with Crippen LogP contribution in [0.1, 0.15) is 36.8 Å². The maximum atomic E-state index is 12.5. The molecule has 22 heavy (non-hydrogen) atoms. The number of carbonyl (C=O) groups is 1. The van der Waals surface area contributed by atoms with Gasteiger partial charge in [0.15, 0.2) is 0 Å². The summed E-state index contributed by atoms with van der Waals surface area (Å²) in [7, 11) is 1.71. The van der Waals surface area contributed by atoms with Gasteiger partial charge in [-0.1, -0.05) is 22.0 Å². The second-order valence-electron chi connectivity index (χ2n) is 6.15. The second kappa shape index (κ2) is 5.70. The molecule has 0 aromatic heterocycles. The molecular weight excluding hydrogens is 346 g/mol. The molecule has 1 saturated carbocycles. The van der Waals surface area contributed by atoms with Gasteiger partial charge in [-0.2, -0.15) is 0 Å². The van der Waals surface area contributed by atoms with E-state index >= 15 is 0 Å². The van der Waals surface area contributed by atoms with Crippen LogP contribution in [0.2, 0.25) is 0 Å². The third-order valence-corrected chi connectivity index (χ3v) is 5.35. The first-order valence-electron chi connectivity index (χ1n) is 7.52. The average Bonchev–Trinajstić information content (AvgIpc) is 2.74. The molecule has 0 radical (unpaired) electrons. The lowest BCUT2D eigenvalue weighted by Crippen LogP contribution is -2.48. The van der Waals surface area contributed by atoms with Gasteiger partial charge >= 0.3 is 0 Å². The fourth-order valence-electron chi connectivity index (χ4n) is 3.48. The lowest BCUT2D eigenvalue weighted by Gasteiger charge is -2.36. The van der Waals surface area contributed by atoms with Crippen LogP contribution in [-0.4, -0.2) is 29.8 Å². The molecule has 2 aliphatic rings. The van der Waals surface area contributed by atoms with E-state index in [1.165, 1.54) is 0 Å². The number of halogens is 1. The monoisotopic (exact) mass is 365 g/mol. The predicted octanol–water partition coefficient (Wildman–Crippen LogP) is 3.48. The van der Waals surface area contributed by atoms with Crippen molar-refractivity contribution in [2.75, 3.05) is 7.11 Å². The number of hydrogen-bond donors (Lipinski definition) is 2. The number of amides is 1. The van der Waals surface area contributed by atoms with E-state index in [4.69, 9.17) is 4.74 Å². The van der Waals surface area contributed by atoms with Gasteiger partial charge in [0.05, 0.1) is 17.2 Å². The molecule has 0 unspecified atom stereocenters. The molecule has 1 aliphatic heterocycles. The Balaban J connectivity index is 2.00. The molecule has 1 spiro atoms. The van der Waals surface area contributed by atoms with Gasteiger partial charge in [-0.25, -0.2) is 0 Å². The first-order chi connectivity index (χ1) is 10.5. The maximum absolute atomic E-state index is 12.5. The van der Waals surface area contributed by atoms with E-state index < -0.39 is 5.54 Å². The molecule has 1 heterocycles. The molecule has 1 aromatic carbocycles. The van der Waals surface area contributed by atoms with Crippen LogP contribution in [0.3, 0.4) is 0 Å². The molecule has 1 aliphatic carbocycles. The van der Waals surface area contributed by atoms with Gasteiger partial charge in [0.1, 0.15) is 5.76 Å². The molecule has 1 fully saturated rings. The lowest BCUT2D eigenvalue weighted by molar-refractivity contribution is -0.116. The highest BCUT2D eigenvalue weighted by molar-refractivity contribution is 9.10. The summed E-state index contributed by atoms with van der Waals surface area (Å²) in [6.45, 7) is 1.95. The van der Waals surface area contributed by atoms with Crippen LogP contribution in [0, 0.1) is 6.92 Å². The number of aliphatic hydroxyl groups excluding tert-OH is 1. The highest BCUT2D eigenvalue weighted by atomic mass is 79.9. The van der Waals surface area contributed by atoms with Crippen LogP contribution in [0.15, 0.2) is 28.4 Å². The summed E-state index contributed by atoms with van der Waals surface area (Å²) in [6.07, 6.45) is 3.31. The third kappa shape index (κ3) is 2.46. The second-order valence-corrected chi connectivity index (χ2v) is 7.07. The van der Waals surface area contributed by atoms with Gasteiger partial charge < -0.3 is 15.2 Å². The van der Waals surface area contributed by atoms with Crippen LogP contribution in [0.5, 0.6) is 0 Å². The number of carbonyl (C=O) groups excluding carboxylic acids is 1. The van der Waals surface area contributed by atoms with E-state index in [2.05, 4.69) is 21.2 Å². The van der Waals surface area contributed by atoms with Gasteiger partial charge in [-0.15, -0.1) is 0 Å². The molecule has 4 nitrogen and oxygen atoms in total. The normalized spacial score (nSPS) is 28.3. The number of hydrogen-bond acceptors (Lipinski definition) is 3. The van der Waals surface area contributed by atoms with Gasteiger partial charge in [0.25, 0.3) is 5.91 Å². The summed E-state index contributed by atoms with van der Waals surface area (Å²) in [4.78, 5) is 12.5. The van der Waals surface area contributed by atoms with E-state index in [0.29, 0.717) is 18.4 Å². The summed E-state index contributed by atoms with van der Waals surface area (Å²) < 4.78 is 6.28. The Labute approximate surface area is 138 Å². The van der Waals surface area contributed by atoms with E-state index in [9.17, 15) is 9.90 Å². The van der Waals surface area contributed by atoms with Crippen molar-refractivity contribution in [1.82, 2.24) is 5.32 Å². The topological polar surface area (TPSA) is 58.6 Å². The Kier molecular flexibility index (Phi) is 4.03. The smallest absolute Gasteiger partial charge is 0.256 e. The van der Waals surface area contributed by atoms with Crippen LogP contribution < -0.4 is 5.32 Å². The van der Waals surface area contributed by atoms with Gasteiger partial charge in [0, 0.05) is 11.6 Å². The van der Waals surface area contributed by atoms with Crippen LogP contribution in [0.4, 0.5) is 0 Å². The zero-order valence-corrected chi connectivity index (χ0v) is 14.4. The summed E-state index contributed by atoms with van der Waals surface area (Å²) in [5.41, 5.74) is 1.56. The fraction of sp³-hybridized carbons (Fsp3) is 0.471. The van der Waals surface area contributed by atoms with Crippen molar-refractivity contribution in [2.24, 2.45) is 0 Å². The standard InChI is InChI=1S/C17H20BrNO3/c1-10-3-4-11(18)9-13(10)14-15(20)17(19-16(14)21)7-5-12(22-2)6-8-17/h3-4,9,12,20H,5-8H2,1-2H3,(H,19,21). The van der Waals surface area contributed by atoms with Gasteiger partial charge in [-0.05, 0) is 55.9 Å². The average molecular weight is 366 g/mol. The predicted molar refractivity (Wildman–Crippen MR) is 88.6 cm³/mol. The number of aliphatic hydroxyl groups is 1. The minimum atomic E-state index is -0.615. The summed E-state index contributed by atoms with van der Waals surface area (Å²) in [6, 6.07) is 5.77. The van der Waals surface area contributed by atoms with Crippen LogP contribution >= 0.6 is 15.9 Å². The van der Waals surface area contributed by atoms with Crippen molar-refractivity contribution in [3.05, 3.63) is 39.6 Å². The largest absolute Gasteiger partial charge is 0.509 e. The summed E-state index contributed by atoms with van der Waals surface area (Å²) >= 11 is 3.44. The Bertz CT molecular complexity index is 645. The molecule has 0 saturated heterocycles. The third-order valence-electron chi connectivity index (χ3n) is 4.86. The first-order valence-corrected chi connectivity index (χ1v) is 8.32. The molecule has 118 valence electrons. The number of rotatable bonds is 2. The van der Waals surface area contributed by atoms with Gasteiger partial charge in [-0.3, -0.25) is 4.79 Å². The molecule has 0 bridgehead atoms. The van der Waals surface area contributed by atoms with Crippen molar-refractivity contribution >= 4 is 27.4 Å². The van der Waals surface area contributed by atoms with Crippen LogP contribution in [0.25, 0.3) is 5.57 Å². The number of benzene rings is 1. The number of nitrogens with one attached hydrogen (secondary N) is 1. The Morgan fingerprint density at radius 2 is 2.05 bits per heavy atom. The SMILES string of the molecule is COC1CCC2(CC1)NC(=O)C(c1cc(Br)ccc1C)=C2O. The highest BCUT2D eigenvalue weighted by Crippen LogP contribution is 2.42. The van der Waals surface area contributed by atoms with Crippen molar-refractivity contribution < 1.29 is 14.6 Å². The number of ether oxygens (including phenoxy) is 1. The lowest BCUT2D eigenvalue weighted by atomic mass is 9.79. The van der Waals surface area contributed by atoms with Crippen molar-refractivity contribution in [3.8, 4) is 0 Å². The molecule has 5 heteroatoms. The molecule has 3 rings (SSSR count). The summed E-state index contributed by atoms with van der Waals surface area (Å²) in [5, 5.41) is 13.8. The van der Waals surface area contributed by atoms with E-state index in [-0.39, 0.29) is 17.8 Å². The molecule has 2 N–H and O–H groups in total. The molecular formula is C17H20BrNO3. The quantitative estimate of drug-likeness (QED) is 0.843. The molecule has 1 amide bonds. The number of aryl methyl sites for hydroxylation is 1. The van der Waals surface area contributed by atoms with Crippen molar-refractivity contribution in [3.63, 3.8) is 0 Å². The van der Waals surface area contributed by atoms with Crippen LogP contribution in [-0.2, 0) is 9.53 Å². The Hall–Kier alpha value is -1.33. The fourth-order valence-corrected chi connectivity index (χ4v) is 3.84. The van der Waals surface area contributed by atoms with E-state index in [1.807, 2.05) is 25.1 Å². The number of methoxy groups -OCH3 is 1. The van der Waals surface area contributed by atoms with E-state index in [1.54, 1.807) is 7.11 Å². The van der Waals surface area contributed by atoms with E-state index in [0.717, 1.165) is 28.4 Å².